The Morgan fingerprint density at radius 1 is 1.29 bits per heavy atom. The zero-order chi connectivity index (χ0) is 15.0. The van der Waals surface area contributed by atoms with Crippen LogP contribution in [0.1, 0.15) is 22.4 Å². The van der Waals surface area contributed by atoms with E-state index in [0.29, 0.717) is 5.56 Å². The molecule has 0 amide bonds. The Morgan fingerprint density at radius 2 is 2.05 bits per heavy atom. The van der Waals surface area contributed by atoms with Crippen molar-refractivity contribution in [1.29, 1.82) is 0 Å². The van der Waals surface area contributed by atoms with Crippen LogP contribution in [0.15, 0.2) is 35.1 Å². The van der Waals surface area contributed by atoms with Crippen molar-refractivity contribution in [3.05, 3.63) is 63.1 Å². The van der Waals surface area contributed by atoms with Crippen LogP contribution in [0.5, 0.6) is 0 Å². The summed E-state index contributed by atoms with van der Waals surface area (Å²) in [6.45, 7) is 4.16. The molecule has 2 aromatic rings. The third kappa shape index (κ3) is 2.41. The van der Waals surface area contributed by atoms with Crippen LogP contribution in [0.25, 0.3) is 5.69 Å². The zero-order valence-electron chi connectivity index (χ0n) is 12.6. The van der Waals surface area contributed by atoms with Gasteiger partial charge in [-0.2, -0.15) is 0 Å². The van der Waals surface area contributed by atoms with Crippen molar-refractivity contribution in [3.63, 3.8) is 0 Å². The smallest absolute Gasteiger partial charge is 0.259 e. The van der Waals surface area contributed by atoms with E-state index >= 15 is 0 Å². The Morgan fingerprint density at radius 3 is 2.76 bits per heavy atom. The summed E-state index contributed by atoms with van der Waals surface area (Å²) < 4.78 is 1.87. The molecule has 110 valence electrons. The fraction of sp³-hybridized carbons (Fsp3) is 0.353. The highest BCUT2D eigenvalue weighted by atomic mass is 16.1. The van der Waals surface area contributed by atoms with Gasteiger partial charge in [0, 0.05) is 37.3 Å². The van der Waals surface area contributed by atoms with Crippen molar-refractivity contribution >= 4 is 0 Å². The predicted octanol–water partition coefficient (Wildman–Crippen LogP) is 1.59. The highest BCUT2D eigenvalue weighted by molar-refractivity contribution is 5.45. The summed E-state index contributed by atoms with van der Waals surface area (Å²) >= 11 is 0. The van der Waals surface area contributed by atoms with Crippen molar-refractivity contribution in [3.8, 4) is 5.69 Å². The number of nitrogens with two attached hydrogens (primary N) is 1. The first kappa shape index (κ1) is 14.0. The third-order valence-corrected chi connectivity index (χ3v) is 4.21. The lowest BCUT2D eigenvalue weighted by Gasteiger charge is -2.28. The van der Waals surface area contributed by atoms with Gasteiger partial charge >= 0.3 is 0 Å². The molecule has 0 bridgehead atoms. The second-order valence-electron chi connectivity index (χ2n) is 5.76. The van der Waals surface area contributed by atoms with Crippen LogP contribution < -0.4 is 11.3 Å². The molecular formula is C17H21N3O. The molecular weight excluding hydrogens is 262 g/mol. The fourth-order valence-corrected chi connectivity index (χ4v) is 3.06. The van der Waals surface area contributed by atoms with Gasteiger partial charge in [-0.1, -0.05) is 18.2 Å². The molecule has 21 heavy (non-hydrogen) atoms. The van der Waals surface area contributed by atoms with Gasteiger partial charge in [0.2, 0.25) is 0 Å². The molecule has 2 heterocycles. The summed E-state index contributed by atoms with van der Waals surface area (Å²) in [4.78, 5) is 15.0. The molecule has 0 saturated carbocycles. The van der Waals surface area contributed by atoms with Gasteiger partial charge in [0.15, 0.2) is 0 Å². The first-order valence-corrected chi connectivity index (χ1v) is 7.33. The normalized spacial score (nSPS) is 15.0. The van der Waals surface area contributed by atoms with E-state index in [2.05, 4.69) is 11.9 Å². The zero-order valence-corrected chi connectivity index (χ0v) is 12.6. The average Bonchev–Trinajstić information content (AvgIpc) is 2.48. The van der Waals surface area contributed by atoms with E-state index in [4.69, 9.17) is 5.73 Å². The van der Waals surface area contributed by atoms with E-state index in [1.807, 2.05) is 41.8 Å². The lowest BCUT2D eigenvalue weighted by atomic mass is 10.0. The number of pyridine rings is 1. The summed E-state index contributed by atoms with van der Waals surface area (Å²) in [5, 5.41) is 0. The van der Waals surface area contributed by atoms with Crippen LogP contribution in [-0.4, -0.2) is 23.1 Å². The Bertz CT molecular complexity index is 733. The summed E-state index contributed by atoms with van der Waals surface area (Å²) in [7, 11) is 2.11. The number of hydrogen-bond acceptors (Lipinski definition) is 3. The highest BCUT2D eigenvalue weighted by Gasteiger charge is 2.21. The lowest BCUT2D eigenvalue weighted by Crippen LogP contribution is -2.35. The molecule has 4 nitrogen and oxygen atoms in total. The lowest BCUT2D eigenvalue weighted by molar-refractivity contribution is 0.307. The maximum atomic E-state index is 12.8. The number of aromatic nitrogens is 1. The molecule has 2 N–H and O–H groups in total. The van der Waals surface area contributed by atoms with Crippen LogP contribution in [0.4, 0.5) is 0 Å². The number of benzene rings is 1. The van der Waals surface area contributed by atoms with E-state index in [0.717, 1.165) is 36.5 Å². The molecule has 0 aliphatic carbocycles. The second kappa shape index (κ2) is 5.47. The molecule has 0 radical (unpaired) electrons. The number of nitrogens with zero attached hydrogens (tertiary/aromatic N) is 2. The predicted molar refractivity (Wildman–Crippen MR) is 84.7 cm³/mol. The van der Waals surface area contributed by atoms with E-state index in [-0.39, 0.29) is 12.1 Å². The quantitative estimate of drug-likeness (QED) is 0.910. The van der Waals surface area contributed by atoms with Gasteiger partial charge in [-0.05, 0) is 37.2 Å². The summed E-state index contributed by atoms with van der Waals surface area (Å²) in [6.07, 6.45) is 0.889. The Hall–Kier alpha value is -1.91. The second-order valence-corrected chi connectivity index (χ2v) is 5.76. The number of aryl methyl sites for hydroxylation is 1. The van der Waals surface area contributed by atoms with E-state index in [9.17, 15) is 4.79 Å². The first-order chi connectivity index (χ1) is 10.1. The van der Waals surface area contributed by atoms with Gasteiger partial charge in [-0.15, -0.1) is 0 Å². The minimum atomic E-state index is 0.0232. The molecule has 0 spiro atoms. The van der Waals surface area contributed by atoms with Gasteiger partial charge < -0.3 is 10.6 Å². The minimum absolute atomic E-state index is 0.0232. The monoisotopic (exact) mass is 283 g/mol. The van der Waals surface area contributed by atoms with Crippen molar-refractivity contribution < 1.29 is 0 Å². The maximum Gasteiger partial charge on any atom is 0.259 e. The van der Waals surface area contributed by atoms with Crippen molar-refractivity contribution in [2.75, 3.05) is 13.6 Å². The van der Waals surface area contributed by atoms with Crippen molar-refractivity contribution in [1.82, 2.24) is 9.47 Å². The Kier molecular flexibility index (Phi) is 3.66. The van der Waals surface area contributed by atoms with Crippen LogP contribution in [-0.2, 0) is 19.5 Å². The maximum absolute atomic E-state index is 12.8. The Balaban J connectivity index is 2.31. The van der Waals surface area contributed by atoms with Crippen molar-refractivity contribution in [2.45, 2.75) is 26.4 Å². The summed E-state index contributed by atoms with van der Waals surface area (Å²) in [5.41, 5.74) is 10.9. The van der Waals surface area contributed by atoms with Gasteiger partial charge in [-0.3, -0.25) is 9.36 Å². The van der Waals surface area contributed by atoms with Crippen LogP contribution >= 0.6 is 0 Å². The standard InChI is InChI=1S/C17H21N3O/c1-12-5-3-4-6-15(12)20-16-7-8-19(2)11-14(16)9-13(10-18)17(20)21/h3-6,9H,7-8,10-11,18H2,1-2H3. The van der Waals surface area contributed by atoms with Gasteiger partial charge in [0.25, 0.3) is 5.56 Å². The largest absolute Gasteiger partial charge is 0.326 e. The van der Waals surface area contributed by atoms with Gasteiger partial charge in [0.1, 0.15) is 0 Å². The topological polar surface area (TPSA) is 51.3 Å². The van der Waals surface area contributed by atoms with Crippen LogP contribution in [0, 0.1) is 6.92 Å². The van der Waals surface area contributed by atoms with E-state index < -0.39 is 0 Å². The molecule has 0 unspecified atom stereocenters. The number of hydrogen-bond donors (Lipinski definition) is 1. The molecule has 0 fully saturated rings. The third-order valence-electron chi connectivity index (χ3n) is 4.21. The number of fused-ring (bicyclic) bond motifs is 1. The number of likely N-dealkylation sites (N-methyl/N-ethyl adjacent to an activating group) is 1. The summed E-state index contributed by atoms with van der Waals surface area (Å²) in [6, 6.07) is 10.0. The van der Waals surface area contributed by atoms with E-state index in [1.165, 1.54) is 5.56 Å². The average molecular weight is 283 g/mol. The molecule has 0 saturated heterocycles. The summed E-state index contributed by atoms with van der Waals surface area (Å²) in [5.74, 6) is 0. The Labute approximate surface area is 124 Å². The molecule has 0 atom stereocenters. The van der Waals surface area contributed by atoms with Crippen molar-refractivity contribution in [2.24, 2.45) is 5.73 Å². The number of para-hydroxylation sites is 1. The number of rotatable bonds is 2. The molecule has 4 heteroatoms. The fourth-order valence-electron chi connectivity index (χ4n) is 3.06. The minimum Gasteiger partial charge on any atom is -0.326 e. The molecule has 1 aromatic heterocycles. The highest BCUT2D eigenvalue weighted by Crippen LogP contribution is 2.22. The van der Waals surface area contributed by atoms with E-state index in [1.54, 1.807) is 0 Å². The van der Waals surface area contributed by atoms with Gasteiger partial charge in [0.05, 0.1) is 5.69 Å². The van der Waals surface area contributed by atoms with Crippen LogP contribution in [0.3, 0.4) is 0 Å². The first-order valence-electron chi connectivity index (χ1n) is 7.33. The van der Waals surface area contributed by atoms with Gasteiger partial charge in [-0.25, -0.2) is 0 Å². The van der Waals surface area contributed by atoms with Crippen LogP contribution in [0.2, 0.25) is 0 Å². The molecule has 3 rings (SSSR count). The molecule has 1 aliphatic rings. The molecule has 1 aliphatic heterocycles. The SMILES string of the molecule is Cc1ccccc1-n1c2c(cc(CN)c1=O)CN(C)CC2. The molecule has 1 aromatic carbocycles.